The minimum Gasteiger partial charge on any atom is -0.387 e. The van der Waals surface area contributed by atoms with E-state index in [0.29, 0.717) is 12.8 Å². The van der Waals surface area contributed by atoms with E-state index in [1.54, 1.807) is 6.08 Å². The van der Waals surface area contributed by atoms with Crippen molar-refractivity contribution in [2.45, 2.75) is 180 Å². The highest BCUT2D eigenvalue weighted by molar-refractivity contribution is 7.85. The number of carbonyl (C=O) groups excluding carboxylic acids is 1. The number of aliphatic hydroxyl groups is 1. The zero-order chi connectivity index (χ0) is 34.7. The molecular formula is C40H71NO5S. The standard InChI is InChI=1S/C40H71NO5S/c1-3-5-7-9-11-13-15-17-18-19-20-21-22-24-25-27-29-31-33-35-39(42)38(37-47(44,45)46)41-40(43)36-34-32-30-28-26-23-16-14-12-10-8-6-4-2/h6,8,12,14,23,25-27,33,35,38-39,42H,3-5,7,9-11,13,15-22,24,28-32,34,36-37H2,1-2H3,(H,41,43)(H,44,45,46)/b8-6-,14-12-,26-23-,27-25+,35-33+. The highest BCUT2D eigenvalue weighted by Gasteiger charge is 2.24. The number of hydrogen-bond donors (Lipinski definition) is 3. The van der Waals surface area contributed by atoms with Crippen molar-refractivity contribution in [2.75, 3.05) is 5.75 Å². The van der Waals surface area contributed by atoms with Crippen LogP contribution in [0.2, 0.25) is 0 Å². The molecular weight excluding hydrogens is 607 g/mol. The van der Waals surface area contributed by atoms with Gasteiger partial charge in [0, 0.05) is 6.42 Å². The zero-order valence-corrected chi connectivity index (χ0v) is 30.9. The average molecular weight is 678 g/mol. The molecule has 0 aliphatic heterocycles. The Kier molecular flexibility index (Phi) is 32.5. The Morgan fingerprint density at radius 3 is 1.60 bits per heavy atom. The van der Waals surface area contributed by atoms with E-state index in [1.807, 2.05) is 0 Å². The van der Waals surface area contributed by atoms with Crippen molar-refractivity contribution >= 4 is 16.0 Å². The predicted molar refractivity (Wildman–Crippen MR) is 202 cm³/mol. The molecule has 272 valence electrons. The van der Waals surface area contributed by atoms with Gasteiger partial charge in [0.2, 0.25) is 5.91 Å². The molecule has 6 nitrogen and oxygen atoms in total. The molecule has 0 aromatic carbocycles. The number of hydrogen-bond acceptors (Lipinski definition) is 4. The molecule has 7 heteroatoms. The van der Waals surface area contributed by atoms with Gasteiger partial charge in [-0.2, -0.15) is 8.42 Å². The molecule has 0 saturated carbocycles. The second-order valence-corrected chi connectivity index (χ2v) is 14.3. The van der Waals surface area contributed by atoms with Crippen LogP contribution in [0.15, 0.2) is 60.8 Å². The van der Waals surface area contributed by atoms with Gasteiger partial charge >= 0.3 is 0 Å². The Morgan fingerprint density at radius 1 is 0.596 bits per heavy atom. The monoisotopic (exact) mass is 678 g/mol. The molecule has 0 aliphatic rings. The van der Waals surface area contributed by atoms with Gasteiger partial charge in [-0.05, 0) is 64.2 Å². The normalized spacial score (nSPS) is 14.0. The van der Waals surface area contributed by atoms with Crippen LogP contribution in [0, 0.1) is 0 Å². The van der Waals surface area contributed by atoms with E-state index in [2.05, 4.69) is 67.8 Å². The Morgan fingerprint density at radius 2 is 1.04 bits per heavy atom. The highest BCUT2D eigenvalue weighted by Crippen LogP contribution is 2.13. The minimum absolute atomic E-state index is 0.250. The van der Waals surface area contributed by atoms with Crippen LogP contribution < -0.4 is 5.32 Å². The smallest absolute Gasteiger partial charge is 0.267 e. The Balaban J connectivity index is 4.05. The maximum Gasteiger partial charge on any atom is 0.267 e. The number of amides is 1. The van der Waals surface area contributed by atoms with E-state index in [0.717, 1.165) is 51.4 Å². The number of nitrogens with one attached hydrogen (secondary N) is 1. The molecule has 47 heavy (non-hydrogen) atoms. The molecule has 0 saturated heterocycles. The quantitative estimate of drug-likeness (QED) is 0.0364. The van der Waals surface area contributed by atoms with Crippen molar-refractivity contribution in [1.29, 1.82) is 0 Å². The van der Waals surface area contributed by atoms with E-state index < -0.39 is 28.0 Å². The van der Waals surface area contributed by atoms with Gasteiger partial charge in [-0.1, -0.05) is 158 Å². The van der Waals surface area contributed by atoms with E-state index in [9.17, 15) is 22.9 Å². The first kappa shape index (κ1) is 45.0. The van der Waals surface area contributed by atoms with Gasteiger partial charge in [-0.25, -0.2) is 0 Å². The lowest BCUT2D eigenvalue weighted by Gasteiger charge is -2.21. The Hall–Kier alpha value is -1.96. The molecule has 0 heterocycles. The van der Waals surface area contributed by atoms with Crippen molar-refractivity contribution in [2.24, 2.45) is 0 Å². The molecule has 0 rings (SSSR count). The lowest BCUT2D eigenvalue weighted by Crippen LogP contribution is -2.46. The molecule has 0 fully saturated rings. The number of aliphatic hydroxyl groups excluding tert-OH is 1. The van der Waals surface area contributed by atoms with Crippen molar-refractivity contribution in [3.63, 3.8) is 0 Å². The predicted octanol–water partition coefficient (Wildman–Crippen LogP) is 10.9. The van der Waals surface area contributed by atoms with E-state index in [-0.39, 0.29) is 12.3 Å². The number of rotatable bonds is 33. The Labute approximate surface area is 290 Å². The maximum absolute atomic E-state index is 12.4. The second-order valence-electron chi connectivity index (χ2n) is 12.8. The SMILES string of the molecule is CC/C=C\C/C=C\C/C=C\CCCCCC(=O)NC(CS(=O)(=O)O)C(O)/C=C/CC/C=C/CCCCCCCCCCCCCCC. The van der Waals surface area contributed by atoms with Crippen molar-refractivity contribution < 1.29 is 22.9 Å². The molecule has 0 spiro atoms. The zero-order valence-electron chi connectivity index (χ0n) is 30.1. The summed E-state index contributed by atoms with van der Waals surface area (Å²) in [5.74, 6) is -1.04. The van der Waals surface area contributed by atoms with Gasteiger partial charge in [0.15, 0.2) is 0 Å². The summed E-state index contributed by atoms with van der Waals surface area (Å²) >= 11 is 0. The molecule has 2 atom stereocenters. The van der Waals surface area contributed by atoms with Crippen LogP contribution in [0.4, 0.5) is 0 Å². The molecule has 0 radical (unpaired) electrons. The third-order valence-electron chi connectivity index (χ3n) is 8.18. The van der Waals surface area contributed by atoms with Gasteiger partial charge in [-0.15, -0.1) is 0 Å². The third-order valence-corrected chi connectivity index (χ3v) is 8.96. The van der Waals surface area contributed by atoms with Gasteiger partial charge in [0.25, 0.3) is 10.1 Å². The van der Waals surface area contributed by atoms with Crippen LogP contribution in [0.5, 0.6) is 0 Å². The molecule has 2 unspecified atom stereocenters. The maximum atomic E-state index is 12.4. The number of carbonyl (C=O) groups is 1. The van der Waals surface area contributed by atoms with E-state index in [1.165, 1.54) is 89.5 Å². The van der Waals surface area contributed by atoms with E-state index in [4.69, 9.17) is 0 Å². The van der Waals surface area contributed by atoms with Crippen LogP contribution in [0.25, 0.3) is 0 Å². The first-order valence-electron chi connectivity index (χ1n) is 19.0. The van der Waals surface area contributed by atoms with Crippen LogP contribution in [0.1, 0.15) is 168 Å². The fourth-order valence-corrected chi connectivity index (χ4v) is 6.09. The van der Waals surface area contributed by atoms with Crippen molar-refractivity contribution in [1.82, 2.24) is 5.32 Å². The summed E-state index contributed by atoms with van der Waals surface area (Å²) in [4.78, 5) is 12.4. The fourth-order valence-electron chi connectivity index (χ4n) is 5.36. The minimum atomic E-state index is -4.36. The summed E-state index contributed by atoms with van der Waals surface area (Å²) in [6.45, 7) is 4.39. The molecule has 0 aromatic rings. The summed E-state index contributed by atoms with van der Waals surface area (Å²) in [6.07, 6.45) is 46.4. The summed E-state index contributed by atoms with van der Waals surface area (Å²) in [6, 6.07) is -1.09. The highest BCUT2D eigenvalue weighted by atomic mass is 32.2. The van der Waals surface area contributed by atoms with Gasteiger partial charge in [0.05, 0.1) is 17.9 Å². The molecule has 0 aromatic heterocycles. The number of unbranched alkanes of at least 4 members (excludes halogenated alkanes) is 17. The van der Waals surface area contributed by atoms with Crippen LogP contribution >= 0.6 is 0 Å². The first-order valence-corrected chi connectivity index (χ1v) is 20.6. The van der Waals surface area contributed by atoms with Crippen molar-refractivity contribution in [3.05, 3.63) is 60.8 Å². The molecule has 1 amide bonds. The molecule has 3 N–H and O–H groups in total. The van der Waals surface area contributed by atoms with Crippen LogP contribution in [0.3, 0.4) is 0 Å². The Bertz CT molecular complexity index is 967. The number of allylic oxidation sites excluding steroid dienone is 9. The average Bonchev–Trinajstić information content (AvgIpc) is 3.03. The van der Waals surface area contributed by atoms with Crippen LogP contribution in [-0.4, -0.2) is 41.9 Å². The first-order chi connectivity index (χ1) is 22.8. The summed E-state index contributed by atoms with van der Waals surface area (Å²) in [5, 5.41) is 13.1. The largest absolute Gasteiger partial charge is 0.387 e. The lowest BCUT2D eigenvalue weighted by atomic mass is 10.0. The third kappa shape index (κ3) is 35.2. The van der Waals surface area contributed by atoms with E-state index >= 15 is 0 Å². The molecule has 0 aliphatic carbocycles. The topological polar surface area (TPSA) is 104 Å². The lowest BCUT2D eigenvalue weighted by molar-refractivity contribution is -0.122. The van der Waals surface area contributed by atoms with Gasteiger partial charge in [0.1, 0.15) is 0 Å². The summed E-state index contributed by atoms with van der Waals surface area (Å²) < 4.78 is 32.4. The van der Waals surface area contributed by atoms with Crippen molar-refractivity contribution in [3.8, 4) is 0 Å². The summed E-state index contributed by atoms with van der Waals surface area (Å²) in [7, 11) is -4.36. The van der Waals surface area contributed by atoms with Gasteiger partial charge < -0.3 is 10.4 Å². The fraction of sp³-hybridized carbons (Fsp3) is 0.725. The van der Waals surface area contributed by atoms with Crippen LogP contribution in [-0.2, 0) is 14.9 Å². The summed E-state index contributed by atoms with van der Waals surface area (Å²) in [5.41, 5.74) is 0. The molecule has 0 bridgehead atoms. The second kappa shape index (κ2) is 33.9. The van der Waals surface area contributed by atoms with Gasteiger partial charge in [-0.3, -0.25) is 9.35 Å².